The van der Waals surface area contributed by atoms with Crippen molar-refractivity contribution in [2.45, 2.75) is 203 Å². The number of primary amides is 1. The summed E-state index contributed by atoms with van der Waals surface area (Å²) >= 11 is 0.627. The Labute approximate surface area is 788 Å². The Morgan fingerprint density at radius 3 is 1.54 bits per heavy atom. The van der Waals surface area contributed by atoms with Gasteiger partial charge in [-0.1, -0.05) is 137 Å². The van der Waals surface area contributed by atoms with E-state index in [4.69, 9.17) is 11.5 Å². The molecule has 2 aliphatic rings. The number of carbonyl (C=O) groups excluding carboxylic acids is 15. The number of nitrogens with zero attached hydrogens (tertiary/aromatic N) is 5. The van der Waals surface area contributed by atoms with Gasteiger partial charge in [-0.3, -0.25) is 76.7 Å². The summed E-state index contributed by atoms with van der Waals surface area (Å²) in [4.78, 5) is 238. The lowest BCUT2D eigenvalue weighted by Gasteiger charge is -2.38. The maximum Gasteiger partial charge on any atom is 0.305 e. The zero-order valence-electron chi connectivity index (χ0n) is 76.6. The fourth-order valence-corrected chi connectivity index (χ4v) is 17.2. The SMILES string of the molecule is CCCC[C@@H](C(=O)N1CCC[C@@H]1C(=O)N[C@@H](CC(=O)O)C(C)=O)N(C)C(=O)C(Cc1ccccc1)N(C)C(=O)[C@H](Cc1cc(F)c(F)c(F)c1)NC(=O)CSC[C@H](NC(=O)[C@H](CCO)NC(=O)[C@H](Cc1ccc(O)cc1)NC(=O)[C@H](Cc1c[nH]c2ccccc12)NC(=O)[C@H]1CCCN1C(=O)[C@H](Cc1ccc(O)cc1)NC(=O)[C@H](Cc1ccccc1)N(C)C(=O)[C@@H](N)C(C)C)C(=O)NCC(N)=O. The number of Topliss-reactive ketones (excluding diaryl/α,β-unsaturated/α-hetero) is 1. The smallest absolute Gasteiger partial charge is 0.305 e. The predicted octanol–water partition coefficient (Wildman–Crippen LogP) is 2.56. The number of likely N-dealkylation sites (tertiary alicyclic amines) is 2. The molecule has 13 atom stereocenters. The molecule has 136 heavy (non-hydrogen) atoms. The van der Waals surface area contributed by atoms with E-state index < -0.39 is 241 Å². The van der Waals surface area contributed by atoms with Crippen LogP contribution < -0.4 is 54.0 Å². The van der Waals surface area contributed by atoms with Gasteiger partial charge in [0.05, 0.1) is 30.8 Å². The number of aromatic nitrogens is 1. The molecule has 0 spiro atoms. The van der Waals surface area contributed by atoms with Crippen molar-refractivity contribution in [1.29, 1.82) is 0 Å². The van der Waals surface area contributed by atoms with Crippen LogP contribution in [-0.4, -0.2) is 282 Å². The molecule has 1 aromatic heterocycles. The second kappa shape index (κ2) is 50.5. The Balaban J connectivity index is 0.954. The minimum Gasteiger partial charge on any atom is -0.508 e. The highest BCUT2D eigenvalue weighted by Gasteiger charge is 2.46. The van der Waals surface area contributed by atoms with Crippen molar-refractivity contribution < 1.29 is 110 Å². The molecule has 14 amide bonds. The number of carboxylic acids is 1. The van der Waals surface area contributed by atoms with E-state index in [9.17, 15) is 72.8 Å². The fraction of sp³-hybridized carbons (Fsp3) is 0.438. The lowest BCUT2D eigenvalue weighted by molar-refractivity contribution is -0.152. The van der Waals surface area contributed by atoms with E-state index in [0.29, 0.717) is 81.9 Å². The normalized spacial score (nSPS) is 15.9. The van der Waals surface area contributed by atoms with Gasteiger partial charge in [-0.2, -0.15) is 0 Å². The Morgan fingerprint density at radius 2 is 0.993 bits per heavy atom. The second-order valence-corrected chi connectivity index (χ2v) is 35.4. The van der Waals surface area contributed by atoms with Gasteiger partial charge in [-0.05, 0) is 127 Å². The van der Waals surface area contributed by atoms with Gasteiger partial charge in [-0.25, -0.2) is 13.2 Å². The number of halogens is 3. The first kappa shape index (κ1) is 106. The molecule has 3 heterocycles. The predicted molar refractivity (Wildman–Crippen MR) is 495 cm³/mol. The monoisotopic (exact) mass is 1900 g/mol. The van der Waals surface area contributed by atoms with Crippen LogP contribution >= 0.6 is 11.8 Å². The molecule has 730 valence electrons. The number of H-pyrrole nitrogens is 1. The summed E-state index contributed by atoms with van der Waals surface area (Å²) in [6.45, 7) is 4.83. The minimum atomic E-state index is -1.87. The molecule has 2 fully saturated rings. The molecule has 1 unspecified atom stereocenters. The molecular weight excluding hydrogens is 1790 g/mol. The number of benzene rings is 6. The van der Waals surface area contributed by atoms with Crippen molar-refractivity contribution in [3.63, 3.8) is 0 Å². The number of nitrogens with one attached hydrogen (secondary N) is 9. The summed E-state index contributed by atoms with van der Waals surface area (Å²) < 4.78 is 44.8. The maximum atomic E-state index is 15.5. The number of aliphatic carboxylic acids is 1. The van der Waals surface area contributed by atoms with Gasteiger partial charge < -0.3 is 104 Å². The van der Waals surface area contributed by atoms with Gasteiger partial charge in [0.25, 0.3) is 0 Å². The van der Waals surface area contributed by atoms with Crippen molar-refractivity contribution in [2.24, 2.45) is 17.4 Å². The van der Waals surface area contributed by atoms with Gasteiger partial charge >= 0.3 is 5.97 Å². The first-order valence-electron chi connectivity index (χ1n) is 44.8. The molecule has 6 aromatic carbocycles. The number of likely N-dealkylation sites (N-methyl/N-ethyl adjacent to an activating group) is 3. The number of aliphatic hydroxyl groups is 1. The van der Waals surface area contributed by atoms with Crippen LogP contribution in [0, 0.1) is 23.4 Å². The summed E-state index contributed by atoms with van der Waals surface area (Å²) in [6.07, 6.45) is 0.0843. The number of unbranched alkanes of at least 4 members (excludes halogenated alkanes) is 1. The number of rotatable bonds is 49. The molecule has 17 N–H and O–H groups in total. The highest BCUT2D eigenvalue weighted by atomic mass is 32.2. The standard InChI is InChI=1S/C96H119F3N16O20S/c1-8-9-26-77(95(134)115-39-19-28-76(115)89(128)106-69(55(4)117)49-82(122)123)111(5)94(133)79(47-57-22-14-11-15-23-57)113(7)92(131)72(45-60-41-65(97)83(99)66(98)42-60)104-81(121)53-136-52-74(85(124)103-51-80(100)120)110-86(125)68(37-40-116)105-87(126)70(43-58-29-33-62(118)34-30-58)107-88(127)71(48-61-50-102-67-25-17-16-24-64(61)67)108-90(129)75-27-18-38-114(75)93(132)73(44-59-31-35-63(119)36-32-59)109-91(130)78(46-56-20-12-10-13-21-56)112(6)96(135)84(101)54(2)3/h10-17,20-25,29-36,41-42,50,54,68-79,84,102,116,118-119H,8-9,18-19,26-28,37-40,43-49,51-53,101H2,1-7H3,(H2,100,120)(H,103,124)(H,104,121)(H,105,126)(H,106,128)(H,107,127)(H,108,129)(H,109,130)(H,110,125)(H,122,123)/t68-,69-,70-,71-,72-,73-,74-,75+,76+,77-,78-,79?,84-/m0/s1. The Hall–Kier alpha value is -13.8. The molecule has 36 nitrogen and oxygen atoms in total. The molecule has 7 aromatic rings. The average molecular weight is 1910 g/mol. The number of hydrogen-bond donors (Lipinski definition) is 15. The molecule has 0 radical (unpaired) electrons. The number of hydrogen-bond acceptors (Lipinski definition) is 21. The van der Waals surface area contributed by atoms with Gasteiger partial charge in [0.1, 0.15) is 78.0 Å². The number of phenols is 2. The molecule has 0 saturated carbocycles. The van der Waals surface area contributed by atoms with Crippen LogP contribution in [0.1, 0.15) is 119 Å². The van der Waals surface area contributed by atoms with E-state index in [-0.39, 0.29) is 87.4 Å². The number of carbonyl (C=O) groups is 16. The summed E-state index contributed by atoms with van der Waals surface area (Å²) in [5.74, 6) is -21.8. The van der Waals surface area contributed by atoms with Crippen LogP contribution in [0.2, 0.25) is 0 Å². The Morgan fingerprint density at radius 1 is 0.515 bits per heavy atom. The zero-order chi connectivity index (χ0) is 99.3. The molecule has 0 bridgehead atoms. The lowest BCUT2D eigenvalue weighted by atomic mass is 9.99. The summed E-state index contributed by atoms with van der Waals surface area (Å²) in [6, 6.07) is 17.5. The van der Waals surface area contributed by atoms with Crippen molar-refractivity contribution in [1.82, 2.24) is 72.0 Å². The molecule has 2 aliphatic heterocycles. The third kappa shape index (κ3) is 29.6. The number of ketones is 1. The third-order valence-electron chi connectivity index (χ3n) is 24.0. The van der Waals surface area contributed by atoms with E-state index >= 15 is 37.5 Å². The summed E-state index contributed by atoms with van der Waals surface area (Å²) in [5.41, 5.74) is 14.5. The zero-order valence-corrected chi connectivity index (χ0v) is 77.4. The van der Waals surface area contributed by atoms with E-state index in [1.54, 1.807) is 117 Å². The highest BCUT2D eigenvalue weighted by Crippen LogP contribution is 2.29. The first-order valence-corrected chi connectivity index (χ1v) is 46.0. The topological polar surface area (TPSA) is 534 Å². The van der Waals surface area contributed by atoms with Crippen molar-refractivity contribution in [3.8, 4) is 11.5 Å². The van der Waals surface area contributed by atoms with E-state index in [1.807, 2.05) is 6.92 Å². The number of aromatic amines is 1. The number of carboxylic acid groups (broad SMARTS) is 1. The number of phenolic OH excluding ortho intramolecular Hbond substituents is 2. The number of fused-ring (bicyclic) bond motifs is 1. The van der Waals surface area contributed by atoms with Gasteiger partial charge in [0.15, 0.2) is 23.2 Å². The number of aliphatic hydroxyl groups excluding tert-OH is 1. The maximum absolute atomic E-state index is 15.5. The van der Waals surface area contributed by atoms with Crippen LogP contribution in [-0.2, 0) is 115 Å². The quantitative estimate of drug-likeness (QED) is 0.0244. The Kier molecular flexibility index (Phi) is 39.4. The number of amides is 14. The number of para-hydroxylation sites is 1. The van der Waals surface area contributed by atoms with Crippen LogP contribution in [0.5, 0.6) is 11.5 Å². The van der Waals surface area contributed by atoms with Crippen molar-refractivity contribution >= 4 is 117 Å². The van der Waals surface area contributed by atoms with Gasteiger partial charge in [0, 0.05) is 102 Å². The van der Waals surface area contributed by atoms with Crippen LogP contribution in [0.25, 0.3) is 10.9 Å². The minimum absolute atomic E-state index is 0.00446. The van der Waals surface area contributed by atoms with Gasteiger partial charge in [-0.15, -0.1) is 11.8 Å². The molecule has 9 rings (SSSR count). The number of aromatic hydroxyl groups is 2. The van der Waals surface area contributed by atoms with Crippen LogP contribution in [0.3, 0.4) is 0 Å². The first-order chi connectivity index (χ1) is 64.7. The fourth-order valence-electron chi connectivity index (χ4n) is 16.3. The largest absolute Gasteiger partial charge is 0.508 e. The summed E-state index contributed by atoms with van der Waals surface area (Å²) in [7, 11) is 3.95. The second-order valence-electron chi connectivity index (χ2n) is 34.4. The van der Waals surface area contributed by atoms with Crippen LogP contribution in [0.15, 0.2) is 152 Å². The third-order valence-corrected chi connectivity index (χ3v) is 25.1. The molecule has 40 heteroatoms. The summed E-state index contributed by atoms with van der Waals surface area (Å²) in [5, 5.41) is 62.0. The molecule has 2 saturated heterocycles. The van der Waals surface area contributed by atoms with E-state index in [1.165, 1.54) is 72.2 Å². The van der Waals surface area contributed by atoms with Crippen LogP contribution in [0.4, 0.5) is 13.2 Å². The van der Waals surface area contributed by atoms with E-state index in [2.05, 4.69) is 47.5 Å². The number of thioether (sulfide) groups is 1. The molecular formula is C96H119F3N16O20S. The number of nitrogens with two attached hydrogens (primary N) is 2. The van der Waals surface area contributed by atoms with E-state index in [0.717, 1.165) is 16.7 Å². The highest BCUT2D eigenvalue weighted by molar-refractivity contribution is 8.00. The lowest BCUT2D eigenvalue weighted by Crippen LogP contribution is -2.61. The average Bonchev–Trinajstić information content (AvgIpc) is 1.48. The Bertz CT molecular complexity index is 5390. The van der Waals surface area contributed by atoms with Crippen molar-refractivity contribution in [3.05, 3.63) is 203 Å². The van der Waals surface area contributed by atoms with Gasteiger partial charge in [0.2, 0.25) is 82.7 Å². The molecule has 0 aliphatic carbocycles. The van der Waals surface area contributed by atoms with Crippen molar-refractivity contribution in [2.75, 3.05) is 58.9 Å².